The molecule has 2 rings (SSSR count). The number of halogens is 1. The van der Waals surface area contributed by atoms with Gasteiger partial charge in [-0.3, -0.25) is 4.79 Å². The van der Waals surface area contributed by atoms with Crippen LogP contribution >= 0.6 is 15.9 Å². The predicted molar refractivity (Wildman–Crippen MR) is 79.5 cm³/mol. The zero-order chi connectivity index (χ0) is 13.1. The van der Waals surface area contributed by atoms with Crippen molar-refractivity contribution in [2.45, 2.75) is 13.8 Å². The number of hydrogen-bond acceptors (Lipinski definition) is 1. The third-order valence-corrected chi connectivity index (χ3v) is 2.92. The molecule has 0 bridgehead atoms. The van der Waals surface area contributed by atoms with Crippen LogP contribution < -0.4 is 5.32 Å². The molecule has 0 atom stereocenters. The van der Waals surface area contributed by atoms with E-state index < -0.39 is 0 Å². The quantitative estimate of drug-likeness (QED) is 0.641. The molecule has 0 aliphatic carbocycles. The number of anilines is 1. The Kier molecular flexibility index (Phi) is 3.82. The van der Waals surface area contributed by atoms with Gasteiger partial charge in [0.15, 0.2) is 0 Å². The lowest BCUT2D eigenvalue weighted by Crippen LogP contribution is -2.03. The summed E-state index contributed by atoms with van der Waals surface area (Å²) in [4.78, 5) is 11.9. The van der Waals surface area contributed by atoms with E-state index in [0.29, 0.717) is 0 Å². The number of hydrogen-bond donors (Lipinski definition) is 1. The maximum atomic E-state index is 11.9. The van der Waals surface area contributed by atoms with Gasteiger partial charge in [0.2, 0.25) is 0 Å². The predicted octanol–water partition coefficient (Wildman–Crippen LogP) is 4.27. The van der Waals surface area contributed by atoms with Crippen LogP contribution in [0.4, 0.5) is 5.69 Å². The highest BCUT2D eigenvalue weighted by Crippen LogP contribution is 2.31. The van der Waals surface area contributed by atoms with Crippen molar-refractivity contribution in [1.29, 1.82) is 0 Å². The SMILES string of the molecule is C\C(Br)=C/C=C(C)/C=C1/C(=O)Nc2ccccc21. The van der Waals surface area contributed by atoms with Gasteiger partial charge in [-0.1, -0.05) is 51.9 Å². The van der Waals surface area contributed by atoms with E-state index in [1.54, 1.807) is 0 Å². The zero-order valence-electron chi connectivity index (χ0n) is 10.3. The first kappa shape index (κ1) is 12.8. The zero-order valence-corrected chi connectivity index (χ0v) is 11.9. The summed E-state index contributed by atoms with van der Waals surface area (Å²) in [6, 6.07) is 7.73. The summed E-state index contributed by atoms with van der Waals surface area (Å²) < 4.78 is 1.05. The first-order valence-corrected chi connectivity index (χ1v) is 6.50. The van der Waals surface area contributed by atoms with Crippen molar-refractivity contribution >= 4 is 33.1 Å². The monoisotopic (exact) mass is 303 g/mol. The van der Waals surface area contributed by atoms with E-state index >= 15 is 0 Å². The van der Waals surface area contributed by atoms with Crippen molar-refractivity contribution in [3.8, 4) is 0 Å². The maximum absolute atomic E-state index is 11.9. The van der Waals surface area contributed by atoms with Gasteiger partial charge in [0, 0.05) is 16.8 Å². The van der Waals surface area contributed by atoms with Crippen LogP contribution in [-0.4, -0.2) is 5.91 Å². The number of nitrogens with one attached hydrogen (secondary N) is 1. The van der Waals surface area contributed by atoms with E-state index in [1.807, 2.05) is 56.3 Å². The molecule has 3 heteroatoms. The fourth-order valence-corrected chi connectivity index (χ4v) is 1.94. The van der Waals surface area contributed by atoms with Crippen LogP contribution in [0.3, 0.4) is 0 Å². The minimum Gasteiger partial charge on any atom is -0.321 e. The lowest BCUT2D eigenvalue weighted by Gasteiger charge is -1.97. The average molecular weight is 304 g/mol. The van der Waals surface area contributed by atoms with Gasteiger partial charge in [0.25, 0.3) is 5.91 Å². The molecule has 18 heavy (non-hydrogen) atoms. The number of fused-ring (bicyclic) bond motifs is 1. The molecule has 1 aliphatic heterocycles. The van der Waals surface area contributed by atoms with Crippen molar-refractivity contribution < 1.29 is 4.79 Å². The van der Waals surface area contributed by atoms with Gasteiger partial charge >= 0.3 is 0 Å². The third-order valence-electron chi connectivity index (χ3n) is 2.66. The molecule has 2 nitrogen and oxygen atoms in total. The van der Waals surface area contributed by atoms with Crippen LogP contribution in [0, 0.1) is 0 Å². The van der Waals surface area contributed by atoms with Crippen molar-refractivity contribution in [2.24, 2.45) is 0 Å². The molecule has 0 saturated carbocycles. The molecule has 1 aromatic rings. The Hall–Kier alpha value is -1.61. The first-order valence-electron chi connectivity index (χ1n) is 5.71. The molecule has 1 amide bonds. The van der Waals surface area contributed by atoms with Crippen LogP contribution in [0.5, 0.6) is 0 Å². The van der Waals surface area contributed by atoms with Crippen molar-refractivity contribution in [3.05, 3.63) is 58.1 Å². The summed E-state index contributed by atoms with van der Waals surface area (Å²) in [6.45, 7) is 3.95. The Morgan fingerprint density at radius 3 is 2.67 bits per heavy atom. The van der Waals surface area contributed by atoms with Crippen molar-refractivity contribution in [3.63, 3.8) is 0 Å². The maximum Gasteiger partial charge on any atom is 0.256 e. The Balaban J connectivity index is 2.37. The van der Waals surface area contributed by atoms with Crippen molar-refractivity contribution in [2.75, 3.05) is 5.32 Å². The second-order valence-electron chi connectivity index (χ2n) is 4.22. The average Bonchev–Trinajstić information content (AvgIpc) is 2.64. The molecule has 0 radical (unpaired) electrons. The van der Waals surface area contributed by atoms with Gasteiger partial charge < -0.3 is 5.32 Å². The van der Waals surface area contributed by atoms with Gasteiger partial charge in [0.05, 0.1) is 0 Å². The van der Waals surface area contributed by atoms with Gasteiger partial charge in [-0.25, -0.2) is 0 Å². The van der Waals surface area contributed by atoms with Gasteiger partial charge in [0.1, 0.15) is 0 Å². The highest BCUT2D eigenvalue weighted by atomic mass is 79.9. The highest BCUT2D eigenvalue weighted by molar-refractivity contribution is 9.11. The van der Waals surface area contributed by atoms with Crippen LogP contribution in [0.15, 0.2) is 52.5 Å². The number of rotatable bonds is 2. The minimum absolute atomic E-state index is 0.0384. The first-order chi connectivity index (χ1) is 8.58. The standard InChI is InChI=1S/C15H14BrNO/c1-10(7-8-11(2)16)9-13-12-5-3-4-6-14(12)17-15(13)18/h3-9H,1-2H3,(H,17,18)/b10-7+,11-8+,13-9+. The molecule has 0 aromatic heterocycles. The molecule has 92 valence electrons. The fourth-order valence-electron chi connectivity index (χ4n) is 1.80. The Bertz CT molecular complexity index is 578. The molecule has 1 N–H and O–H groups in total. The number of amides is 1. The molecule has 0 spiro atoms. The summed E-state index contributed by atoms with van der Waals surface area (Å²) in [6.07, 6.45) is 5.85. The molecule has 1 heterocycles. The lowest BCUT2D eigenvalue weighted by molar-refractivity contribution is -0.110. The van der Waals surface area contributed by atoms with E-state index in [0.717, 1.165) is 26.9 Å². The van der Waals surface area contributed by atoms with E-state index in [-0.39, 0.29) is 5.91 Å². The topological polar surface area (TPSA) is 29.1 Å². The number of benzene rings is 1. The molecule has 1 aromatic carbocycles. The lowest BCUT2D eigenvalue weighted by atomic mass is 10.0. The number of carbonyl (C=O) groups excluding carboxylic acids is 1. The van der Waals surface area contributed by atoms with Crippen LogP contribution in [0.2, 0.25) is 0 Å². The molecular formula is C15H14BrNO. The third kappa shape index (κ3) is 2.79. The van der Waals surface area contributed by atoms with Crippen LogP contribution in [0.1, 0.15) is 19.4 Å². The Morgan fingerprint density at radius 2 is 1.94 bits per heavy atom. The molecule has 0 saturated heterocycles. The summed E-state index contributed by atoms with van der Waals surface area (Å²) in [5, 5.41) is 2.86. The number of carbonyl (C=O) groups is 1. The van der Waals surface area contributed by atoms with E-state index in [9.17, 15) is 4.79 Å². The minimum atomic E-state index is -0.0384. The summed E-state index contributed by atoms with van der Waals surface area (Å²) in [7, 11) is 0. The van der Waals surface area contributed by atoms with Gasteiger partial charge in [-0.05, 0) is 30.5 Å². The number of para-hydroxylation sites is 1. The summed E-state index contributed by atoms with van der Waals surface area (Å²) in [5.74, 6) is -0.0384. The second kappa shape index (κ2) is 5.36. The highest BCUT2D eigenvalue weighted by Gasteiger charge is 2.22. The molecule has 0 unspecified atom stereocenters. The largest absolute Gasteiger partial charge is 0.321 e. The summed E-state index contributed by atoms with van der Waals surface area (Å²) in [5.41, 5.74) is 3.61. The molecular weight excluding hydrogens is 290 g/mol. The van der Waals surface area contributed by atoms with E-state index in [1.165, 1.54) is 0 Å². The van der Waals surface area contributed by atoms with Crippen LogP contribution in [0.25, 0.3) is 5.57 Å². The van der Waals surface area contributed by atoms with E-state index in [2.05, 4.69) is 21.2 Å². The smallest absolute Gasteiger partial charge is 0.256 e. The molecule has 1 aliphatic rings. The Morgan fingerprint density at radius 1 is 1.22 bits per heavy atom. The molecule has 0 fully saturated rings. The van der Waals surface area contributed by atoms with Gasteiger partial charge in [-0.2, -0.15) is 0 Å². The Labute approximate surface area is 115 Å². The van der Waals surface area contributed by atoms with Crippen molar-refractivity contribution in [1.82, 2.24) is 0 Å². The second-order valence-corrected chi connectivity index (χ2v) is 5.47. The fraction of sp³-hybridized carbons (Fsp3) is 0.133. The van der Waals surface area contributed by atoms with Crippen LogP contribution in [-0.2, 0) is 4.79 Å². The van der Waals surface area contributed by atoms with E-state index in [4.69, 9.17) is 0 Å². The number of allylic oxidation sites excluding steroid dienone is 5. The van der Waals surface area contributed by atoms with Gasteiger partial charge in [-0.15, -0.1) is 0 Å². The normalized spacial score (nSPS) is 17.9. The summed E-state index contributed by atoms with van der Waals surface area (Å²) >= 11 is 3.37.